The third-order valence-electron chi connectivity index (χ3n) is 2.94. The summed E-state index contributed by atoms with van der Waals surface area (Å²) in [4.78, 5) is 15.2. The van der Waals surface area contributed by atoms with Crippen LogP contribution in [0, 0.1) is 0 Å². The zero-order valence-electron chi connectivity index (χ0n) is 9.48. The lowest BCUT2D eigenvalue weighted by Gasteiger charge is -2.30. The summed E-state index contributed by atoms with van der Waals surface area (Å²) >= 11 is 3.47. The molecule has 0 amide bonds. The van der Waals surface area contributed by atoms with Crippen LogP contribution in [0.15, 0.2) is 22.7 Å². The average Bonchev–Trinajstić information content (AvgIpc) is 2.62. The zero-order chi connectivity index (χ0) is 11.7. The highest BCUT2D eigenvalue weighted by Crippen LogP contribution is 2.31. The number of fused-ring (bicyclic) bond motifs is 1. The van der Waals surface area contributed by atoms with Gasteiger partial charge < -0.3 is 4.90 Å². The van der Waals surface area contributed by atoms with Crippen LogP contribution in [0.2, 0.25) is 0 Å². The summed E-state index contributed by atoms with van der Waals surface area (Å²) in [5, 5.41) is 0. The smallest absolute Gasteiger partial charge is 0.157 e. The number of carbonyl (C=O) groups is 1. The van der Waals surface area contributed by atoms with Crippen molar-refractivity contribution in [3.05, 3.63) is 28.2 Å². The molecule has 4 heteroatoms. The maximum atomic E-state index is 11.1. The number of hydrogen-bond acceptors (Lipinski definition) is 3. The van der Waals surface area contributed by atoms with E-state index in [-0.39, 0.29) is 6.17 Å². The van der Waals surface area contributed by atoms with Crippen molar-refractivity contribution < 1.29 is 4.79 Å². The minimum Gasteiger partial charge on any atom is -0.349 e. The van der Waals surface area contributed by atoms with Gasteiger partial charge >= 0.3 is 0 Å². The van der Waals surface area contributed by atoms with E-state index in [1.807, 2.05) is 25.1 Å². The molecule has 2 rings (SSSR count). The van der Waals surface area contributed by atoms with Gasteiger partial charge in [0.25, 0.3) is 0 Å². The molecule has 0 radical (unpaired) electrons. The van der Waals surface area contributed by atoms with Crippen LogP contribution in [0.5, 0.6) is 0 Å². The molecule has 0 aliphatic carbocycles. The van der Waals surface area contributed by atoms with Crippen molar-refractivity contribution in [2.75, 3.05) is 25.5 Å². The van der Waals surface area contributed by atoms with Crippen molar-refractivity contribution in [3.8, 4) is 0 Å². The van der Waals surface area contributed by atoms with E-state index in [1.165, 1.54) is 11.3 Å². The Bertz CT molecular complexity index is 406. The predicted molar refractivity (Wildman–Crippen MR) is 68.7 cm³/mol. The summed E-state index contributed by atoms with van der Waals surface area (Å²) in [6.45, 7) is 0.910. The van der Waals surface area contributed by atoms with Gasteiger partial charge in [0, 0.05) is 16.7 Å². The first-order valence-corrected chi connectivity index (χ1v) is 6.09. The summed E-state index contributed by atoms with van der Waals surface area (Å²) in [5.74, 6) is 0. The molecule has 86 valence electrons. The maximum Gasteiger partial charge on any atom is 0.157 e. The Morgan fingerprint density at radius 3 is 2.88 bits per heavy atom. The lowest BCUT2D eigenvalue weighted by Crippen LogP contribution is -2.45. The molecular weight excluding hydrogens is 268 g/mol. The maximum absolute atomic E-state index is 11.1. The molecule has 0 bridgehead atoms. The van der Waals surface area contributed by atoms with Crippen molar-refractivity contribution in [2.24, 2.45) is 0 Å². The number of likely N-dealkylation sites (N-methyl/N-ethyl adjacent to an activating group) is 1. The molecule has 16 heavy (non-hydrogen) atoms. The third kappa shape index (κ3) is 1.99. The van der Waals surface area contributed by atoms with Crippen LogP contribution in [0.25, 0.3) is 0 Å². The fourth-order valence-corrected chi connectivity index (χ4v) is 2.55. The summed E-state index contributed by atoms with van der Waals surface area (Å²) < 4.78 is 1.10. The summed E-state index contributed by atoms with van der Waals surface area (Å²) in [5.41, 5.74) is 2.48. The highest BCUT2D eigenvalue weighted by molar-refractivity contribution is 9.10. The molecule has 1 heterocycles. The molecular formula is C12H15BrN2O. The predicted octanol–water partition coefficient (Wildman–Crippen LogP) is 1.90. The van der Waals surface area contributed by atoms with Gasteiger partial charge in [-0.25, -0.2) is 0 Å². The van der Waals surface area contributed by atoms with Crippen LogP contribution in [0.1, 0.15) is 5.56 Å². The van der Waals surface area contributed by atoms with Gasteiger partial charge in [-0.15, -0.1) is 0 Å². The largest absolute Gasteiger partial charge is 0.349 e. The van der Waals surface area contributed by atoms with E-state index in [2.05, 4.69) is 33.0 Å². The van der Waals surface area contributed by atoms with Crippen molar-refractivity contribution in [2.45, 2.75) is 12.6 Å². The van der Waals surface area contributed by atoms with Gasteiger partial charge in [-0.05, 0) is 44.3 Å². The first-order valence-electron chi connectivity index (χ1n) is 5.30. The Balaban J connectivity index is 2.32. The van der Waals surface area contributed by atoms with Crippen LogP contribution >= 0.6 is 15.9 Å². The summed E-state index contributed by atoms with van der Waals surface area (Å²) in [6, 6.07) is 6.23. The Kier molecular flexibility index (Phi) is 3.30. The Morgan fingerprint density at radius 2 is 2.25 bits per heavy atom. The average molecular weight is 283 g/mol. The Labute approximate surface area is 104 Å². The van der Waals surface area contributed by atoms with Gasteiger partial charge in [0.15, 0.2) is 6.29 Å². The van der Waals surface area contributed by atoms with Gasteiger partial charge in [0.2, 0.25) is 0 Å². The summed E-state index contributed by atoms with van der Waals surface area (Å²) in [7, 11) is 3.85. The normalized spacial score (nSPS) is 16.4. The van der Waals surface area contributed by atoms with Gasteiger partial charge in [-0.1, -0.05) is 15.9 Å². The molecule has 1 aromatic rings. The van der Waals surface area contributed by atoms with Crippen LogP contribution < -0.4 is 4.90 Å². The molecule has 0 fully saturated rings. The number of anilines is 1. The van der Waals surface area contributed by atoms with Gasteiger partial charge in [0.05, 0.1) is 0 Å². The molecule has 0 N–H and O–H groups in total. The van der Waals surface area contributed by atoms with Crippen LogP contribution in [-0.2, 0) is 11.2 Å². The number of rotatable bonds is 3. The van der Waals surface area contributed by atoms with Gasteiger partial charge in [-0.3, -0.25) is 9.69 Å². The molecule has 0 saturated heterocycles. The Hall–Kier alpha value is -0.870. The fraction of sp³-hybridized carbons (Fsp3) is 0.417. The fourth-order valence-electron chi connectivity index (χ4n) is 2.14. The highest BCUT2D eigenvalue weighted by atomic mass is 79.9. The van der Waals surface area contributed by atoms with Crippen LogP contribution in [0.4, 0.5) is 5.69 Å². The lowest BCUT2D eigenvalue weighted by atomic mass is 10.2. The molecule has 1 aliphatic heterocycles. The molecule has 1 atom stereocenters. The Morgan fingerprint density at radius 1 is 1.50 bits per heavy atom. The third-order valence-corrected chi connectivity index (χ3v) is 3.44. The number of carbonyl (C=O) groups excluding carboxylic acids is 1. The van der Waals surface area contributed by atoms with E-state index < -0.39 is 0 Å². The molecule has 0 saturated carbocycles. The first-order chi connectivity index (χ1) is 7.63. The SMILES string of the molecule is CN(C)C(C=O)N1CCc2cc(Br)ccc21. The number of halogens is 1. The van der Waals surface area contributed by atoms with Crippen molar-refractivity contribution in [3.63, 3.8) is 0 Å². The second kappa shape index (κ2) is 4.55. The second-order valence-corrected chi connectivity index (χ2v) is 5.15. The van der Waals surface area contributed by atoms with E-state index in [4.69, 9.17) is 0 Å². The highest BCUT2D eigenvalue weighted by Gasteiger charge is 2.26. The minimum atomic E-state index is -0.164. The zero-order valence-corrected chi connectivity index (χ0v) is 11.1. The molecule has 3 nitrogen and oxygen atoms in total. The van der Waals surface area contributed by atoms with E-state index in [9.17, 15) is 4.79 Å². The second-order valence-electron chi connectivity index (χ2n) is 4.23. The number of aldehydes is 1. The number of nitrogens with zero attached hydrogens (tertiary/aromatic N) is 2. The lowest BCUT2D eigenvalue weighted by molar-refractivity contribution is -0.111. The van der Waals surface area contributed by atoms with E-state index in [0.717, 1.165) is 23.7 Å². The van der Waals surface area contributed by atoms with Crippen LogP contribution in [0.3, 0.4) is 0 Å². The monoisotopic (exact) mass is 282 g/mol. The van der Waals surface area contributed by atoms with Gasteiger partial charge in [-0.2, -0.15) is 0 Å². The molecule has 1 aliphatic rings. The molecule has 0 aromatic heterocycles. The first kappa shape index (κ1) is 11.6. The molecule has 1 aromatic carbocycles. The van der Waals surface area contributed by atoms with Crippen molar-refractivity contribution >= 4 is 27.9 Å². The minimum absolute atomic E-state index is 0.164. The topological polar surface area (TPSA) is 23.6 Å². The van der Waals surface area contributed by atoms with E-state index in [0.29, 0.717) is 0 Å². The molecule has 1 unspecified atom stereocenters. The summed E-state index contributed by atoms with van der Waals surface area (Å²) in [6.07, 6.45) is 1.84. The van der Waals surface area contributed by atoms with E-state index in [1.54, 1.807) is 0 Å². The van der Waals surface area contributed by atoms with Gasteiger partial charge in [0.1, 0.15) is 6.17 Å². The number of hydrogen-bond donors (Lipinski definition) is 0. The van der Waals surface area contributed by atoms with E-state index >= 15 is 0 Å². The van der Waals surface area contributed by atoms with Crippen molar-refractivity contribution in [1.29, 1.82) is 0 Å². The molecule has 0 spiro atoms. The van der Waals surface area contributed by atoms with Crippen molar-refractivity contribution in [1.82, 2.24) is 4.90 Å². The quantitative estimate of drug-likeness (QED) is 0.792. The standard InChI is InChI=1S/C12H15BrN2O/c1-14(2)12(8-16)15-6-5-9-7-10(13)3-4-11(9)15/h3-4,7-8,12H,5-6H2,1-2H3. The number of benzene rings is 1. The van der Waals surface area contributed by atoms with Crippen LogP contribution in [-0.4, -0.2) is 38.0 Å².